The molecule has 2 aliphatic rings. The molecule has 0 N–H and O–H groups in total. The summed E-state index contributed by atoms with van der Waals surface area (Å²) in [5, 5.41) is -0.326. The van der Waals surface area contributed by atoms with Crippen LogP contribution in [-0.4, -0.2) is 40.7 Å². The van der Waals surface area contributed by atoms with E-state index < -0.39 is 11.7 Å². The molecule has 4 rings (SSSR count). The maximum atomic E-state index is 12.9. The summed E-state index contributed by atoms with van der Waals surface area (Å²) in [6.07, 6.45) is 2.70. The molecule has 1 aromatic heterocycles. The summed E-state index contributed by atoms with van der Waals surface area (Å²) in [6.45, 7) is 2.22. The minimum atomic E-state index is -4.47. The van der Waals surface area contributed by atoms with Crippen molar-refractivity contribution in [2.75, 3.05) is 20.1 Å². The van der Waals surface area contributed by atoms with Crippen molar-refractivity contribution in [2.45, 2.75) is 31.9 Å². The van der Waals surface area contributed by atoms with Gasteiger partial charge in [0.25, 0.3) is 0 Å². The third kappa shape index (κ3) is 4.73. The first-order valence-electron chi connectivity index (χ1n) is 9.93. The summed E-state index contributed by atoms with van der Waals surface area (Å²) in [7, 11) is 2.15. The topological polar surface area (TPSA) is 41.4 Å². The molecule has 0 unspecified atom stereocenters. The van der Waals surface area contributed by atoms with Crippen LogP contribution in [0.5, 0.6) is 0 Å². The van der Waals surface area contributed by atoms with Gasteiger partial charge in [0.05, 0.1) is 16.3 Å². The maximum Gasteiger partial charge on any atom is 0.417 e. The van der Waals surface area contributed by atoms with Gasteiger partial charge in [0.1, 0.15) is 0 Å². The Morgan fingerprint density at radius 3 is 2.63 bits per heavy atom. The van der Waals surface area contributed by atoms with Crippen LogP contribution < -0.4 is 0 Å². The van der Waals surface area contributed by atoms with Gasteiger partial charge in [-0.2, -0.15) is 13.2 Å². The van der Waals surface area contributed by atoms with Crippen LogP contribution in [0.15, 0.2) is 41.7 Å². The molecular formula is C22H22ClF3N4. The number of hydrogen-bond donors (Lipinski definition) is 0. The Hall–Kier alpha value is -2.25. The number of nitrogens with zero attached hydrogens (tertiary/aromatic N) is 4. The van der Waals surface area contributed by atoms with E-state index in [-0.39, 0.29) is 5.02 Å². The number of aliphatic imine (C=N–C) groups is 1. The van der Waals surface area contributed by atoms with Crippen LogP contribution >= 0.6 is 11.6 Å². The SMILES string of the molecule is CN1CCC(Cc2ccnc(C3=CN=C(c4ccc(C(F)(F)F)c(Cl)c4)C3)n2)CC1. The molecule has 0 saturated carbocycles. The molecule has 4 nitrogen and oxygen atoms in total. The Morgan fingerprint density at radius 2 is 1.93 bits per heavy atom. The van der Waals surface area contributed by atoms with Crippen LogP contribution in [0.25, 0.3) is 5.57 Å². The molecule has 1 fully saturated rings. The van der Waals surface area contributed by atoms with E-state index in [1.54, 1.807) is 12.4 Å². The predicted molar refractivity (Wildman–Crippen MR) is 112 cm³/mol. The van der Waals surface area contributed by atoms with Gasteiger partial charge in [-0.05, 0) is 69.1 Å². The second-order valence-corrected chi connectivity index (χ2v) is 8.33. The van der Waals surface area contributed by atoms with Crippen LogP contribution in [0, 0.1) is 5.92 Å². The number of benzene rings is 1. The quantitative estimate of drug-likeness (QED) is 0.658. The zero-order valence-electron chi connectivity index (χ0n) is 16.6. The number of halogens is 4. The van der Waals surface area contributed by atoms with Gasteiger partial charge < -0.3 is 4.90 Å². The summed E-state index contributed by atoms with van der Waals surface area (Å²) in [6, 6.07) is 5.67. The van der Waals surface area contributed by atoms with Gasteiger partial charge in [0.2, 0.25) is 0 Å². The van der Waals surface area contributed by atoms with E-state index in [1.165, 1.54) is 25.0 Å². The fourth-order valence-corrected chi connectivity index (χ4v) is 4.18. The van der Waals surface area contributed by atoms with Crippen LogP contribution in [0.2, 0.25) is 5.02 Å². The van der Waals surface area contributed by atoms with Crippen LogP contribution in [0.1, 0.15) is 41.9 Å². The molecule has 0 amide bonds. The molecule has 1 saturated heterocycles. The summed E-state index contributed by atoms with van der Waals surface area (Å²) in [5.74, 6) is 1.25. The van der Waals surface area contributed by atoms with Gasteiger partial charge in [0, 0.05) is 30.1 Å². The van der Waals surface area contributed by atoms with Crippen molar-refractivity contribution in [2.24, 2.45) is 10.9 Å². The van der Waals surface area contributed by atoms with E-state index in [2.05, 4.69) is 21.9 Å². The van der Waals surface area contributed by atoms with Crippen molar-refractivity contribution in [1.82, 2.24) is 14.9 Å². The molecule has 0 spiro atoms. The molecule has 8 heteroatoms. The highest BCUT2D eigenvalue weighted by Gasteiger charge is 2.33. The number of allylic oxidation sites excluding steroid dienone is 1. The molecule has 0 aliphatic carbocycles. The van der Waals surface area contributed by atoms with Crippen molar-refractivity contribution < 1.29 is 13.2 Å². The highest BCUT2D eigenvalue weighted by molar-refractivity contribution is 6.32. The average Bonchev–Trinajstić information content (AvgIpc) is 3.19. The van der Waals surface area contributed by atoms with Gasteiger partial charge in [-0.15, -0.1) is 0 Å². The smallest absolute Gasteiger partial charge is 0.306 e. The Labute approximate surface area is 178 Å². The van der Waals surface area contributed by atoms with Crippen molar-refractivity contribution in [3.8, 4) is 0 Å². The normalized spacial score (nSPS) is 18.4. The van der Waals surface area contributed by atoms with Gasteiger partial charge >= 0.3 is 6.18 Å². The zero-order chi connectivity index (χ0) is 21.3. The van der Waals surface area contributed by atoms with E-state index in [1.807, 2.05) is 6.07 Å². The highest BCUT2D eigenvalue weighted by atomic mass is 35.5. The lowest BCUT2D eigenvalue weighted by atomic mass is 9.92. The molecule has 30 heavy (non-hydrogen) atoms. The van der Waals surface area contributed by atoms with E-state index in [0.717, 1.165) is 36.8 Å². The molecule has 0 atom stereocenters. The monoisotopic (exact) mass is 434 g/mol. The molecule has 158 valence electrons. The zero-order valence-corrected chi connectivity index (χ0v) is 17.3. The average molecular weight is 435 g/mol. The number of hydrogen-bond acceptors (Lipinski definition) is 4. The number of likely N-dealkylation sites (tertiary alicyclic amines) is 1. The van der Waals surface area contributed by atoms with Crippen LogP contribution in [-0.2, 0) is 12.6 Å². The third-order valence-electron chi connectivity index (χ3n) is 5.68. The Morgan fingerprint density at radius 1 is 1.17 bits per heavy atom. The lowest BCUT2D eigenvalue weighted by Crippen LogP contribution is -2.31. The van der Waals surface area contributed by atoms with Crippen molar-refractivity contribution >= 4 is 22.9 Å². The minimum Gasteiger partial charge on any atom is -0.306 e. The molecule has 3 heterocycles. The van der Waals surface area contributed by atoms with Crippen LogP contribution in [0.3, 0.4) is 0 Å². The molecule has 2 aliphatic heterocycles. The predicted octanol–water partition coefficient (Wildman–Crippen LogP) is 5.27. The first-order valence-corrected chi connectivity index (χ1v) is 10.3. The lowest BCUT2D eigenvalue weighted by Gasteiger charge is -2.28. The lowest BCUT2D eigenvalue weighted by molar-refractivity contribution is -0.137. The second kappa shape index (κ2) is 8.47. The molecule has 1 aromatic carbocycles. The number of alkyl halides is 3. The fraction of sp³-hybridized carbons (Fsp3) is 0.409. The first kappa shape index (κ1) is 21.0. The summed E-state index contributed by atoms with van der Waals surface area (Å²) < 4.78 is 38.8. The number of rotatable bonds is 4. The number of aromatic nitrogens is 2. The molecule has 2 aromatic rings. The van der Waals surface area contributed by atoms with E-state index in [0.29, 0.717) is 29.4 Å². The highest BCUT2D eigenvalue weighted by Crippen LogP contribution is 2.36. The Kier molecular flexibility index (Phi) is 5.93. The summed E-state index contributed by atoms with van der Waals surface area (Å²) in [5.41, 5.74) is 2.25. The van der Waals surface area contributed by atoms with Crippen LogP contribution in [0.4, 0.5) is 13.2 Å². The fourth-order valence-electron chi connectivity index (χ4n) is 3.89. The standard InChI is InChI=1S/C22H22ClF3N4/c1-30-8-5-14(6-9-30)10-17-4-7-27-21(29-17)16-12-20(28-13-16)15-2-3-18(19(23)11-15)22(24,25)26/h2-4,7,11,13-14H,5-6,8-10,12H2,1H3. The maximum absolute atomic E-state index is 12.9. The molecular weight excluding hydrogens is 413 g/mol. The molecule has 0 bridgehead atoms. The summed E-state index contributed by atoms with van der Waals surface area (Å²) in [4.78, 5) is 15.8. The van der Waals surface area contributed by atoms with Gasteiger partial charge in [0.15, 0.2) is 5.82 Å². The van der Waals surface area contributed by atoms with Gasteiger partial charge in [-0.1, -0.05) is 17.7 Å². The van der Waals surface area contributed by atoms with Crippen molar-refractivity contribution in [1.29, 1.82) is 0 Å². The summed E-state index contributed by atoms with van der Waals surface area (Å²) >= 11 is 5.85. The first-order chi connectivity index (χ1) is 14.3. The Bertz CT molecular complexity index is 992. The van der Waals surface area contributed by atoms with Crippen molar-refractivity contribution in [3.05, 3.63) is 64.3 Å². The second-order valence-electron chi connectivity index (χ2n) is 7.92. The van der Waals surface area contributed by atoms with Crippen molar-refractivity contribution in [3.63, 3.8) is 0 Å². The number of piperidine rings is 1. The van der Waals surface area contributed by atoms with Gasteiger partial charge in [-0.3, -0.25) is 4.99 Å². The van der Waals surface area contributed by atoms with Gasteiger partial charge in [-0.25, -0.2) is 9.97 Å². The third-order valence-corrected chi connectivity index (χ3v) is 5.99. The largest absolute Gasteiger partial charge is 0.417 e. The minimum absolute atomic E-state index is 0.326. The van der Waals surface area contributed by atoms with E-state index >= 15 is 0 Å². The molecule has 0 radical (unpaired) electrons. The Balaban J connectivity index is 1.43. The van der Waals surface area contributed by atoms with E-state index in [4.69, 9.17) is 16.6 Å². The van der Waals surface area contributed by atoms with E-state index in [9.17, 15) is 13.2 Å².